The Bertz CT molecular complexity index is 1990. The fourth-order valence-electron chi connectivity index (χ4n) is 8.27. The molecule has 0 aromatic carbocycles. The lowest BCUT2D eigenvalue weighted by molar-refractivity contribution is -0.167. The first-order valence-corrected chi connectivity index (χ1v) is 32.9. The maximum absolute atomic E-state index is 12.9. The highest BCUT2D eigenvalue weighted by molar-refractivity contribution is 5.71. The normalized spacial score (nSPS) is 13.4. The van der Waals surface area contributed by atoms with Crippen LogP contribution in [0.4, 0.5) is 0 Å². The van der Waals surface area contributed by atoms with Gasteiger partial charge in [0.2, 0.25) is 0 Å². The molecule has 0 spiro atoms. The van der Waals surface area contributed by atoms with Gasteiger partial charge in [-0.3, -0.25) is 14.4 Å². The third-order valence-electron chi connectivity index (χ3n) is 13.1. The highest BCUT2D eigenvalue weighted by Gasteiger charge is 2.19. The zero-order chi connectivity index (χ0) is 59.9. The molecule has 0 radical (unpaired) electrons. The van der Waals surface area contributed by atoms with Gasteiger partial charge in [0.05, 0.1) is 0 Å². The van der Waals surface area contributed by atoms with Gasteiger partial charge in [-0.15, -0.1) is 0 Å². The van der Waals surface area contributed by atoms with E-state index >= 15 is 0 Å². The van der Waals surface area contributed by atoms with Crippen molar-refractivity contribution < 1.29 is 28.6 Å². The second kappa shape index (κ2) is 68.7. The van der Waals surface area contributed by atoms with E-state index in [1.165, 1.54) is 44.9 Å². The van der Waals surface area contributed by atoms with Crippen LogP contribution in [0.25, 0.3) is 0 Å². The van der Waals surface area contributed by atoms with Crippen LogP contribution in [0.1, 0.15) is 252 Å². The number of hydrogen-bond acceptors (Lipinski definition) is 6. The van der Waals surface area contributed by atoms with Gasteiger partial charge >= 0.3 is 17.9 Å². The minimum absolute atomic E-state index is 0.125. The predicted molar refractivity (Wildman–Crippen MR) is 361 cm³/mol. The Kier molecular flexibility index (Phi) is 64.0. The summed E-state index contributed by atoms with van der Waals surface area (Å²) in [6, 6.07) is 0. The molecule has 6 heteroatoms. The summed E-state index contributed by atoms with van der Waals surface area (Å²) in [5, 5.41) is 0. The molecule has 1 unspecified atom stereocenters. The van der Waals surface area contributed by atoms with Gasteiger partial charge in [0.25, 0.3) is 0 Å². The Balaban J connectivity index is 4.56. The first-order valence-electron chi connectivity index (χ1n) is 32.9. The number of unbranched alkanes of at least 4 members (excludes halogenated alkanes) is 14. The van der Waals surface area contributed by atoms with Crippen LogP contribution in [0.5, 0.6) is 0 Å². The molecule has 1 atom stereocenters. The molecular weight excluding hydrogens is 1020 g/mol. The minimum atomic E-state index is -0.832. The van der Waals surface area contributed by atoms with Crippen LogP contribution in [-0.4, -0.2) is 37.2 Å². The van der Waals surface area contributed by atoms with Gasteiger partial charge in [0.15, 0.2) is 6.10 Å². The monoisotopic (exact) mass is 1140 g/mol. The molecule has 0 aromatic heterocycles. The summed E-state index contributed by atoms with van der Waals surface area (Å²) in [6.45, 7) is 6.21. The van der Waals surface area contributed by atoms with E-state index in [4.69, 9.17) is 14.2 Å². The van der Waals surface area contributed by atoms with E-state index in [1.807, 2.05) is 0 Å². The second-order valence-electron chi connectivity index (χ2n) is 20.9. The van der Waals surface area contributed by atoms with Crippen molar-refractivity contribution in [2.45, 2.75) is 258 Å². The lowest BCUT2D eigenvalue weighted by Gasteiger charge is -2.18. The van der Waals surface area contributed by atoms with Crippen LogP contribution in [0.15, 0.2) is 194 Å². The van der Waals surface area contributed by atoms with Crippen molar-refractivity contribution in [2.75, 3.05) is 13.2 Å². The highest BCUT2D eigenvalue weighted by atomic mass is 16.6. The lowest BCUT2D eigenvalue weighted by atomic mass is 10.0. The number of allylic oxidation sites excluding steroid dienone is 32. The van der Waals surface area contributed by atoms with Crippen LogP contribution >= 0.6 is 0 Å². The summed E-state index contributed by atoms with van der Waals surface area (Å²) in [4.78, 5) is 38.4. The largest absolute Gasteiger partial charge is 0.462 e. The quantitative estimate of drug-likeness (QED) is 0.0261. The van der Waals surface area contributed by atoms with E-state index in [-0.39, 0.29) is 37.5 Å². The zero-order valence-corrected chi connectivity index (χ0v) is 52.9. The smallest absolute Gasteiger partial charge is 0.306 e. The van der Waals surface area contributed by atoms with Crippen molar-refractivity contribution in [3.05, 3.63) is 194 Å². The minimum Gasteiger partial charge on any atom is -0.462 e. The average molecular weight is 1140 g/mol. The van der Waals surface area contributed by atoms with Crippen LogP contribution in [0, 0.1) is 0 Å². The van der Waals surface area contributed by atoms with Gasteiger partial charge in [-0.1, -0.05) is 273 Å². The molecule has 83 heavy (non-hydrogen) atoms. The van der Waals surface area contributed by atoms with E-state index in [2.05, 4.69) is 215 Å². The number of esters is 3. The van der Waals surface area contributed by atoms with Crippen molar-refractivity contribution in [3.63, 3.8) is 0 Å². The van der Waals surface area contributed by atoms with Crippen molar-refractivity contribution >= 4 is 17.9 Å². The molecule has 462 valence electrons. The van der Waals surface area contributed by atoms with Crippen molar-refractivity contribution in [3.8, 4) is 0 Å². The third kappa shape index (κ3) is 66.9. The summed E-state index contributed by atoms with van der Waals surface area (Å²) in [6.07, 6.45) is 104. The zero-order valence-electron chi connectivity index (χ0n) is 52.9. The molecule has 0 heterocycles. The Morgan fingerprint density at radius 3 is 0.735 bits per heavy atom. The second-order valence-corrected chi connectivity index (χ2v) is 20.9. The van der Waals surface area contributed by atoms with E-state index in [0.717, 1.165) is 161 Å². The van der Waals surface area contributed by atoms with E-state index in [9.17, 15) is 14.4 Å². The summed E-state index contributed by atoms with van der Waals surface area (Å²) < 4.78 is 16.9. The SMILES string of the molecule is CC/C=C\C/C=C\C/C=C\C/C=C\C/C=C\C/C=C\C/C=C\CCCCCC(=O)OCC(COC(=O)CCC/C=C\C/C=C\C/C=C\C/C=C\C/C=C\CC)OC(=O)CCCCCCCCCCCC/C=C\C/C=C\C/C=C\C/C=C\CC. The molecule has 0 saturated heterocycles. The van der Waals surface area contributed by atoms with Crippen molar-refractivity contribution in [2.24, 2.45) is 0 Å². The molecule has 0 aromatic rings. The summed E-state index contributed by atoms with van der Waals surface area (Å²) in [7, 11) is 0. The van der Waals surface area contributed by atoms with Crippen LogP contribution < -0.4 is 0 Å². The van der Waals surface area contributed by atoms with Gasteiger partial charge in [-0.25, -0.2) is 0 Å². The fourth-order valence-corrected chi connectivity index (χ4v) is 8.27. The van der Waals surface area contributed by atoms with Crippen LogP contribution in [0.3, 0.4) is 0 Å². The number of carbonyl (C=O) groups excluding carboxylic acids is 3. The molecule has 0 aliphatic heterocycles. The number of ether oxygens (including phenoxy) is 3. The predicted octanol–water partition coefficient (Wildman–Crippen LogP) is 23.0. The number of rotatable bonds is 57. The Morgan fingerprint density at radius 1 is 0.241 bits per heavy atom. The highest BCUT2D eigenvalue weighted by Crippen LogP contribution is 2.14. The van der Waals surface area contributed by atoms with E-state index in [0.29, 0.717) is 19.3 Å². The molecule has 0 aliphatic rings. The molecule has 0 fully saturated rings. The fraction of sp³-hybridized carbons (Fsp3) is 0.545. The molecule has 0 bridgehead atoms. The molecular formula is C77H118O6. The molecule has 0 aliphatic carbocycles. The Labute approximate surface area is 509 Å². The van der Waals surface area contributed by atoms with Gasteiger partial charge in [0, 0.05) is 19.3 Å². The van der Waals surface area contributed by atoms with Crippen molar-refractivity contribution in [1.82, 2.24) is 0 Å². The van der Waals surface area contributed by atoms with Gasteiger partial charge in [-0.2, -0.15) is 0 Å². The Morgan fingerprint density at radius 2 is 0.446 bits per heavy atom. The first-order chi connectivity index (χ1) is 41.0. The maximum Gasteiger partial charge on any atom is 0.306 e. The topological polar surface area (TPSA) is 78.9 Å². The standard InChI is InChI=1S/C77H118O6/c1-4-7-10-13-16-19-22-25-28-31-33-35-37-38-40-41-43-46-49-52-55-58-61-64-67-70-76(79)82-73-74(72-81-75(78)69-66-63-60-57-54-51-48-45-30-27-24-21-18-15-12-9-6-3)83-77(80)71-68-65-62-59-56-53-50-47-44-42-39-36-34-32-29-26-23-20-17-14-11-8-5-2/h7-12,16-21,25-30,33-36,38,40,43,46,48,51-52,55,57,60,74H,4-6,13-15,22-24,31-32,37,39,41-42,44-45,47,49-50,53-54,56,58-59,61-73H2,1-3H3/b10-7-,11-8-,12-9-,19-16-,20-17-,21-18-,28-25-,29-26-,30-27-,35-33-,36-34-,40-38-,46-43-,51-48-,55-52-,60-57-. The summed E-state index contributed by atoms with van der Waals surface area (Å²) in [5.74, 6) is -1.03. The summed E-state index contributed by atoms with van der Waals surface area (Å²) in [5.41, 5.74) is 0. The third-order valence-corrected chi connectivity index (χ3v) is 13.1. The molecule has 0 saturated carbocycles. The number of carbonyl (C=O) groups is 3. The molecule has 0 N–H and O–H groups in total. The average Bonchev–Trinajstić information content (AvgIpc) is 3.49. The van der Waals surface area contributed by atoms with Gasteiger partial charge in [-0.05, 0) is 154 Å². The van der Waals surface area contributed by atoms with Crippen LogP contribution in [-0.2, 0) is 28.6 Å². The van der Waals surface area contributed by atoms with Gasteiger partial charge < -0.3 is 14.2 Å². The van der Waals surface area contributed by atoms with E-state index in [1.54, 1.807) is 0 Å². The van der Waals surface area contributed by atoms with Crippen molar-refractivity contribution in [1.29, 1.82) is 0 Å². The van der Waals surface area contributed by atoms with Crippen LogP contribution in [0.2, 0.25) is 0 Å². The summed E-state index contributed by atoms with van der Waals surface area (Å²) >= 11 is 0. The first kappa shape index (κ1) is 77.2. The molecule has 0 rings (SSSR count). The molecule has 0 amide bonds. The maximum atomic E-state index is 12.9. The van der Waals surface area contributed by atoms with Gasteiger partial charge in [0.1, 0.15) is 13.2 Å². The number of hydrogen-bond donors (Lipinski definition) is 0. The lowest BCUT2D eigenvalue weighted by Crippen LogP contribution is -2.30. The van der Waals surface area contributed by atoms with E-state index < -0.39 is 6.10 Å². The Hall–Kier alpha value is -5.75. The molecule has 6 nitrogen and oxygen atoms in total.